The van der Waals surface area contributed by atoms with Crippen molar-refractivity contribution in [2.24, 2.45) is 0 Å². The number of nitrogen functional groups attached to an aromatic ring is 1. The Balaban J connectivity index is 1.51. The van der Waals surface area contributed by atoms with Gasteiger partial charge in [0, 0.05) is 28.2 Å². The van der Waals surface area contributed by atoms with Gasteiger partial charge in [0.1, 0.15) is 0 Å². The molecule has 4 nitrogen and oxygen atoms in total. The molecule has 0 bridgehead atoms. The number of pyridine rings is 1. The van der Waals surface area contributed by atoms with Crippen molar-refractivity contribution in [1.82, 2.24) is 9.88 Å². The molecular formula is C19H21ClN4S. The van der Waals surface area contributed by atoms with Crippen LogP contribution in [0.4, 0.5) is 11.4 Å². The summed E-state index contributed by atoms with van der Waals surface area (Å²) in [5.41, 5.74) is 8.39. The molecule has 4 rings (SSSR count). The van der Waals surface area contributed by atoms with E-state index in [1.807, 2.05) is 35.6 Å². The zero-order chi connectivity index (χ0) is 17.2. The summed E-state index contributed by atoms with van der Waals surface area (Å²) in [6.45, 7) is 4.25. The van der Waals surface area contributed by atoms with E-state index in [-0.39, 0.29) is 0 Å². The quantitative estimate of drug-likeness (QED) is 0.635. The number of nitrogens with one attached hydrogen (secondary N) is 1. The standard InChI is InChI=1S/C19H21ClN4S/c20-19-17(21)18(15-5-1-2-6-16(15)23-19)22-11-13-7-8-14(25-13)12-24-9-3-4-10-24/h1-2,5-8H,3-4,9-12,21H2,(H,22,23). The van der Waals surface area contributed by atoms with Crippen molar-refractivity contribution in [3.63, 3.8) is 0 Å². The lowest BCUT2D eigenvalue weighted by atomic mass is 10.1. The lowest BCUT2D eigenvalue weighted by Crippen LogP contribution is -2.17. The van der Waals surface area contributed by atoms with Gasteiger partial charge in [-0.2, -0.15) is 0 Å². The van der Waals surface area contributed by atoms with Gasteiger partial charge in [-0.3, -0.25) is 4.90 Å². The summed E-state index contributed by atoms with van der Waals surface area (Å²) in [5.74, 6) is 0. The van der Waals surface area contributed by atoms with Gasteiger partial charge in [0.05, 0.1) is 16.9 Å². The number of hydrogen-bond acceptors (Lipinski definition) is 5. The number of thiophene rings is 1. The molecule has 0 atom stereocenters. The maximum absolute atomic E-state index is 6.19. The van der Waals surface area contributed by atoms with Crippen LogP contribution in [0.25, 0.3) is 10.9 Å². The maximum atomic E-state index is 6.19. The summed E-state index contributed by atoms with van der Waals surface area (Å²) in [5, 5.41) is 4.81. The Bertz CT molecular complexity index is 886. The molecule has 0 radical (unpaired) electrons. The molecule has 25 heavy (non-hydrogen) atoms. The Morgan fingerprint density at radius 2 is 1.88 bits per heavy atom. The molecule has 6 heteroatoms. The molecule has 1 aromatic carbocycles. The Hall–Kier alpha value is -1.82. The number of anilines is 2. The van der Waals surface area contributed by atoms with Crippen molar-refractivity contribution < 1.29 is 0 Å². The smallest absolute Gasteiger partial charge is 0.154 e. The van der Waals surface area contributed by atoms with Crippen LogP contribution in [0.2, 0.25) is 5.15 Å². The van der Waals surface area contributed by atoms with Gasteiger partial charge >= 0.3 is 0 Å². The fraction of sp³-hybridized carbons (Fsp3) is 0.316. The lowest BCUT2D eigenvalue weighted by molar-refractivity contribution is 0.334. The second kappa shape index (κ2) is 7.20. The van der Waals surface area contributed by atoms with Gasteiger partial charge in [-0.1, -0.05) is 29.8 Å². The van der Waals surface area contributed by atoms with E-state index in [0.29, 0.717) is 10.8 Å². The van der Waals surface area contributed by atoms with Crippen molar-refractivity contribution in [1.29, 1.82) is 0 Å². The van der Waals surface area contributed by atoms with Gasteiger partial charge in [-0.15, -0.1) is 11.3 Å². The van der Waals surface area contributed by atoms with Crippen LogP contribution < -0.4 is 11.1 Å². The number of rotatable bonds is 5. The predicted molar refractivity (Wildman–Crippen MR) is 107 cm³/mol. The van der Waals surface area contributed by atoms with Crippen LogP contribution in [0.15, 0.2) is 36.4 Å². The van der Waals surface area contributed by atoms with E-state index in [9.17, 15) is 0 Å². The minimum atomic E-state index is 0.349. The topological polar surface area (TPSA) is 54.2 Å². The zero-order valence-corrected chi connectivity index (χ0v) is 15.5. The fourth-order valence-electron chi connectivity index (χ4n) is 3.33. The molecule has 130 valence electrons. The van der Waals surface area contributed by atoms with Gasteiger partial charge in [-0.25, -0.2) is 4.98 Å². The van der Waals surface area contributed by atoms with Crippen molar-refractivity contribution in [3.8, 4) is 0 Å². The first kappa shape index (κ1) is 16.6. The zero-order valence-electron chi connectivity index (χ0n) is 14.0. The van der Waals surface area contributed by atoms with Crippen LogP contribution in [0, 0.1) is 0 Å². The highest BCUT2D eigenvalue weighted by Gasteiger charge is 2.14. The number of likely N-dealkylation sites (tertiary alicyclic amines) is 1. The van der Waals surface area contributed by atoms with E-state index in [2.05, 4.69) is 27.3 Å². The van der Waals surface area contributed by atoms with Gasteiger partial charge in [0.2, 0.25) is 0 Å². The Kier molecular flexibility index (Phi) is 4.79. The fourth-order valence-corrected chi connectivity index (χ4v) is 4.51. The molecule has 1 aliphatic rings. The second-order valence-corrected chi connectivity index (χ2v) is 8.02. The van der Waals surface area contributed by atoms with E-state index in [4.69, 9.17) is 17.3 Å². The minimum absolute atomic E-state index is 0.349. The molecular weight excluding hydrogens is 352 g/mol. The molecule has 3 heterocycles. The summed E-state index contributed by atoms with van der Waals surface area (Å²) in [4.78, 5) is 9.59. The number of para-hydroxylation sites is 1. The molecule has 1 fully saturated rings. The highest BCUT2D eigenvalue weighted by atomic mass is 35.5. The van der Waals surface area contributed by atoms with Gasteiger partial charge < -0.3 is 11.1 Å². The van der Waals surface area contributed by atoms with E-state index in [1.165, 1.54) is 35.7 Å². The largest absolute Gasteiger partial charge is 0.395 e. The summed E-state index contributed by atoms with van der Waals surface area (Å²) in [6.07, 6.45) is 2.66. The average Bonchev–Trinajstić information content (AvgIpc) is 3.28. The van der Waals surface area contributed by atoms with Crippen LogP contribution in [0.5, 0.6) is 0 Å². The third-order valence-electron chi connectivity index (χ3n) is 4.62. The summed E-state index contributed by atoms with van der Waals surface area (Å²) in [6, 6.07) is 12.3. The summed E-state index contributed by atoms with van der Waals surface area (Å²) in [7, 11) is 0. The molecule has 0 spiro atoms. The van der Waals surface area contributed by atoms with E-state index in [1.54, 1.807) is 0 Å². The van der Waals surface area contributed by atoms with Gasteiger partial charge in [0.15, 0.2) is 5.15 Å². The van der Waals surface area contributed by atoms with Gasteiger partial charge in [-0.05, 0) is 44.1 Å². The van der Waals surface area contributed by atoms with Crippen molar-refractivity contribution in [2.45, 2.75) is 25.9 Å². The van der Waals surface area contributed by atoms with Crippen LogP contribution in [-0.2, 0) is 13.1 Å². The Labute approximate surface area is 156 Å². The van der Waals surface area contributed by atoms with Gasteiger partial charge in [0.25, 0.3) is 0 Å². The molecule has 1 aliphatic heterocycles. The number of nitrogens with two attached hydrogens (primary N) is 1. The van der Waals surface area contributed by atoms with E-state index >= 15 is 0 Å². The van der Waals surface area contributed by atoms with E-state index < -0.39 is 0 Å². The van der Waals surface area contributed by atoms with Crippen molar-refractivity contribution >= 4 is 45.2 Å². The first-order valence-corrected chi connectivity index (χ1v) is 9.77. The maximum Gasteiger partial charge on any atom is 0.154 e. The van der Waals surface area contributed by atoms with E-state index in [0.717, 1.165) is 29.7 Å². The molecule has 2 aromatic heterocycles. The minimum Gasteiger partial charge on any atom is -0.395 e. The number of aromatic nitrogens is 1. The second-order valence-electron chi connectivity index (χ2n) is 6.41. The third-order valence-corrected chi connectivity index (χ3v) is 5.98. The predicted octanol–water partition coefficient (Wildman–Crippen LogP) is 4.74. The number of halogens is 1. The van der Waals surface area contributed by atoms with Crippen LogP contribution >= 0.6 is 22.9 Å². The third kappa shape index (κ3) is 3.59. The Morgan fingerprint density at radius 3 is 2.72 bits per heavy atom. The Morgan fingerprint density at radius 1 is 1.12 bits per heavy atom. The molecule has 0 amide bonds. The normalized spacial score (nSPS) is 15.1. The lowest BCUT2D eigenvalue weighted by Gasteiger charge is -2.13. The average molecular weight is 373 g/mol. The highest BCUT2D eigenvalue weighted by molar-refractivity contribution is 7.12. The number of hydrogen-bond donors (Lipinski definition) is 2. The highest BCUT2D eigenvalue weighted by Crippen LogP contribution is 2.34. The van der Waals surface area contributed by atoms with Crippen LogP contribution in [0.3, 0.4) is 0 Å². The van der Waals surface area contributed by atoms with Crippen molar-refractivity contribution in [2.75, 3.05) is 24.1 Å². The SMILES string of the molecule is Nc1c(Cl)nc2ccccc2c1NCc1ccc(CN2CCCC2)s1. The molecule has 3 aromatic rings. The molecule has 3 N–H and O–H groups in total. The molecule has 1 saturated heterocycles. The number of fused-ring (bicyclic) bond motifs is 1. The molecule has 0 aliphatic carbocycles. The molecule has 0 saturated carbocycles. The number of benzene rings is 1. The number of nitrogens with zero attached hydrogens (tertiary/aromatic N) is 2. The first-order chi connectivity index (χ1) is 12.2. The van der Waals surface area contributed by atoms with Crippen molar-refractivity contribution in [3.05, 3.63) is 51.3 Å². The van der Waals surface area contributed by atoms with Crippen LogP contribution in [-0.4, -0.2) is 23.0 Å². The monoisotopic (exact) mass is 372 g/mol. The summed E-state index contributed by atoms with van der Waals surface area (Å²) < 4.78 is 0. The first-order valence-electron chi connectivity index (χ1n) is 8.58. The summed E-state index contributed by atoms with van der Waals surface area (Å²) >= 11 is 8.06. The molecule has 0 unspecified atom stereocenters. The van der Waals surface area contributed by atoms with Crippen LogP contribution in [0.1, 0.15) is 22.6 Å².